The lowest BCUT2D eigenvalue weighted by atomic mass is 10.1. The molecule has 0 amide bonds. The van der Waals surface area contributed by atoms with Gasteiger partial charge in [0.25, 0.3) is 5.69 Å². The summed E-state index contributed by atoms with van der Waals surface area (Å²) in [6.07, 6.45) is 0.635. The van der Waals surface area contributed by atoms with E-state index in [9.17, 15) is 14.9 Å². The minimum absolute atomic E-state index is 0.0269. The van der Waals surface area contributed by atoms with E-state index in [2.05, 4.69) is 0 Å². The Bertz CT molecular complexity index is 580. The van der Waals surface area contributed by atoms with E-state index >= 15 is 0 Å². The molecular weight excluding hydrogens is 222 g/mol. The fourth-order valence-electron chi connectivity index (χ4n) is 1.66. The van der Waals surface area contributed by atoms with Crippen molar-refractivity contribution in [2.24, 2.45) is 0 Å². The predicted molar refractivity (Wildman–Crippen MR) is 62.2 cm³/mol. The van der Waals surface area contributed by atoms with Crippen LogP contribution < -0.4 is 4.74 Å². The molecule has 2 aromatic carbocycles. The van der Waals surface area contributed by atoms with Crippen molar-refractivity contribution in [1.82, 2.24) is 0 Å². The third-order valence-electron chi connectivity index (χ3n) is 2.36. The summed E-state index contributed by atoms with van der Waals surface area (Å²) in [5, 5.41) is 12.0. The first-order valence-corrected chi connectivity index (χ1v) is 4.96. The largest absolute Gasteiger partial charge is 0.485 e. The van der Waals surface area contributed by atoms with Gasteiger partial charge in [0, 0.05) is 11.5 Å². The highest BCUT2D eigenvalue weighted by molar-refractivity contribution is 5.95. The Morgan fingerprint density at radius 1 is 1.18 bits per heavy atom. The molecule has 0 saturated carbocycles. The SMILES string of the molecule is O=CCOc1ccc([N+](=O)[O-])c2ccccc12. The first-order chi connectivity index (χ1) is 8.24. The number of aldehydes is 1. The summed E-state index contributed by atoms with van der Waals surface area (Å²) < 4.78 is 5.21. The molecule has 0 spiro atoms. The van der Waals surface area contributed by atoms with E-state index in [-0.39, 0.29) is 12.3 Å². The molecule has 0 aliphatic carbocycles. The van der Waals surface area contributed by atoms with Crippen molar-refractivity contribution >= 4 is 22.7 Å². The van der Waals surface area contributed by atoms with Gasteiger partial charge in [-0.2, -0.15) is 0 Å². The van der Waals surface area contributed by atoms with Crippen molar-refractivity contribution in [2.45, 2.75) is 0 Å². The fraction of sp³-hybridized carbons (Fsp3) is 0.0833. The molecule has 0 unspecified atom stereocenters. The zero-order valence-electron chi connectivity index (χ0n) is 8.83. The molecule has 0 atom stereocenters. The Labute approximate surface area is 96.8 Å². The Kier molecular flexibility index (Phi) is 3.00. The minimum atomic E-state index is -0.439. The second-order valence-electron chi connectivity index (χ2n) is 3.36. The molecule has 0 saturated heterocycles. The van der Waals surface area contributed by atoms with Crippen LogP contribution in [0.1, 0.15) is 0 Å². The lowest BCUT2D eigenvalue weighted by Gasteiger charge is -2.06. The third-order valence-corrected chi connectivity index (χ3v) is 2.36. The standard InChI is InChI=1S/C12H9NO4/c14-7-8-17-12-6-5-11(13(15)16)9-3-1-2-4-10(9)12/h1-7H,8H2. The molecule has 17 heavy (non-hydrogen) atoms. The third kappa shape index (κ3) is 2.08. The summed E-state index contributed by atoms with van der Waals surface area (Å²) in [4.78, 5) is 20.7. The van der Waals surface area contributed by atoms with Crippen molar-refractivity contribution < 1.29 is 14.5 Å². The smallest absolute Gasteiger partial charge is 0.277 e. The Hall–Kier alpha value is -2.43. The number of non-ortho nitro benzene ring substituents is 1. The maximum Gasteiger partial charge on any atom is 0.277 e. The van der Waals surface area contributed by atoms with Gasteiger partial charge in [-0.25, -0.2) is 0 Å². The van der Waals surface area contributed by atoms with Crippen LogP contribution in [-0.2, 0) is 4.79 Å². The molecule has 5 nitrogen and oxygen atoms in total. The number of nitro benzene ring substituents is 1. The number of rotatable bonds is 4. The maximum atomic E-state index is 10.8. The number of carbonyl (C=O) groups is 1. The van der Waals surface area contributed by atoms with E-state index < -0.39 is 4.92 Å². The zero-order valence-corrected chi connectivity index (χ0v) is 8.83. The molecule has 0 aromatic heterocycles. The lowest BCUT2D eigenvalue weighted by molar-refractivity contribution is -0.383. The number of nitrogens with zero attached hydrogens (tertiary/aromatic N) is 1. The molecule has 2 rings (SSSR count). The van der Waals surface area contributed by atoms with Gasteiger partial charge in [-0.1, -0.05) is 18.2 Å². The molecule has 0 fully saturated rings. The van der Waals surface area contributed by atoms with Gasteiger partial charge in [-0.3, -0.25) is 14.9 Å². The van der Waals surface area contributed by atoms with Gasteiger partial charge >= 0.3 is 0 Å². The summed E-state index contributed by atoms with van der Waals surface area (Å²) in [5.74, 6) is 0.471. The molecule has 0 bridgehead atoms. The first kappa shape index (κ1) is 11.1. The topological polar surface area (TPSA) is 69.4 Å². The molecule has 0 N–H and O–H groups in total. The van der Waals surface area contributed by atoms with Crippen LogP contribution in [0.4, 0.5) is 5.69 Å². The van der Waals surface area contributed by atoms with Crippen LogP contribution in [0.25, 0.3) is 10.8 Å². The first-order valence-electron chi connectivity index (χ1n) is 4.96. The van der Waals surface area contributed by atoms with Crippen molar-refractivity contribution in [2.75, 3.05) is 6.61 Å². The van der Waals surface area contributed by atoms with E-state index in [1.165, 1.54) is 12.1 Å². The number of fused-ring (bicyclic) bond motifs is 1. The van der Waals surface area contributed by atoms with Gasteiger partial charge < -0.3 is 4.74 Å². The summed E-state index contributed by atoms with van der Waals surface area (Å²) in [5.41, 5.74) is 0.0269. The minimum Gasteiger partial charge on any atom is -0.485 e. The zero-order chi connectivity index (χ0) is 12.3. The van der Waals surface area contributed by atoms with Crippen molar-refractivity contribution in [3.63, 3.8) is 0 Å². The molecule has 0 aliphatic rings. The van der Waals surface area contributed by atoms with Crippen LogP contribution in [0.2, 0.25) is 0 Å². The highest BCUT2D eigenvalue weighted by Gasteiger charge is 2.14. The molecule has 0 aliphatic heterocycles. The number of benzene rings is 2. The summed E-state index contributed by atoms with van der Waals surface area (Å²) >= 11 is 0. The Balaban J connectivity index is 2.61. The Morgan fingerprint density at radius 3 is 2.53 bits per heavy atom. The van der Waals surface area contributed by atoms with Gasteiger partial charge in [0.2, 0.25) is 0 Å². The van der Waals surface area contributed by atoms with Crippen LogP contribution in [0.15, 0.2) is 36.4 Å². The van der Waals surface area contributed by atoms with E-state index in [1.54, 1.807) is 24.3 Å². The van der Waals surface area contributed by atoms with Crippen LogP contribution in [-0.4, -0.2) is 17.8 Å². The van der Waals surface area contributed by atoms with Gasteiger partial charge in [-0.05, 0) is 12.1 Å². The number of nitro groups is 1. The van der Waals surface area contributed by atoms with Gasteiger partial charge in [0.1, 0.15) is 12.4 Å². The lowest BCUT2D eigenvalue weighted by Crippen LogP contribution is -1.99. The van der Waals surface area contributed by atoms with Crippen LogP contribution in [0, 0.1) is 10.1 Å². The molecule has 0 heterocycles. The van der Waals surface area contributed by atoms with E-state index in [0.717, 1.165) is 0 Å². The van der Waals surface area contributed by atoms with E-state index in [0.29, 0.717) is 22.8 Å². The second kappa shape index (κ2) is 4.61. The number of hydrogen-bond acceptors (Lipinski definition) is 4. The van der Waals surface area contributed by atoms with Gasteiger partial charge in [0.15, 0.2) is 6.29 Å². The number of ether oxygens (including phenoxy) is 1. The highest BCUT2D eigenvalue weighted by Crippen LogP contribution is 2.32. The average molecular weight is 231 g/mol. The quantitative estimate of drug-likeness (QED) is 0.460. The summed E-state index contributed by atoms with van der Waals surface area (Å²) in [6, 6.07) is 9.74. The van der Waals surface area contributed by atoms with Crippen LogP contribution in [0.3, 0.4) is 0 Å². The highest BCUT2D eigenvalue weighted by atomic mass is 16.6. The molecule has 2 aromatic rings. The van der Waals surface area contributed by atoms with Crippen LogP contribution in [0.5, 0.6) is 5.75 Å². The molecule has 5 heteroatoms. The average Bonchev–Trinajstić information content (AvgIpc) is 2.35. The number of carbonyl (C=O) groups excluding carboxylic acids is 1. The van der Waals surface area contributed by atoms with Crippen LogP contribution >= 0.6 is 0 Å². The van der Waals surface area contributed by atoms with Gasteiger partial charge in [0.05, 0.1) is 10.3 Å². The predicted octanol–water partition coefficient (Wildman–Crippen LogP) is 2.33. The van der Waals surface area contributed by atoms with Crippen molar-refractivity contribution in [3.8, 4) is 5.75 Å². The van der Waals surface area contributed by atoms with Crippen molar-refractivity contribution in [3.05, 3.63) is 46.5 Å². The molecular formula is C12H9NO4. The fourth-order valence-corrected chi connectivity index (χ4v) is 1.66. The Morgan fingerprint density at radius 2 is 1.88 bits per heavy atom. The monoisotopic (exact) mass is 231 g/mol. The van der Waals surface area contributed by atoms with Gasteiger partial charge in [-0.15, -0.1) is 0 Å². The maximum absolute atomic E-state index is 10.8. The second-order valence-corrected chi connectivity index (χ2v) is 3.36. The molecule has 86 valence electrons. The van der Waals surface area contributed by atoms with E-state index in [1.807, 2.05) is 0 Å². The molecule has 0 radical (unpaired) electrons. The summed E-state index contributed by atoms with van der Waals surface area (Å²) in [7, 11) is 0. The summed E-state index contributed by atoms with van der Waals surface area (Å²) in [6.45, 7) is -0.0677. The van der Waals surface area contributed by atoms with Crippen molar-refractivity contribution in [1.29, 1.82) is 0 Å². The van der Waals surface area contributed by atoms with E-state index in [4.69, 9.17) is 4.74 Å². The normalized spacial score (nSPS) is 10.1. The number of hydrogen-bond donors (Lipinski definition) is 0.